The molecule has 0 bridgehead atoms. The van der Waals surface area contributed by atoms with Gasteiger partial charge in [-0.1, -0.05) is 24.3 Å². The molecule has 120 valence electrons. The third kappa shape index (κ3) is 4.00. The van der Waals surface area contributed by atoms with E-state index in [-0.39, 0.29) is 18.3 Å². The standard InChI is InChI=1S/C18H18FNO3/c19-14-9-7-13(8-10-14)4-3-11-20-18(21)17-12-22-15-5-1-2-6-16(15)23-17/h1-2,5-10,17H,3-4,11-12H2,(H,20,21)/t17-/m0/s1. The van der Waals surface area contributed by atoms with Gasteiger partial charge in [-0.15, -0.1) is 0 Å². The molecule has 1 N–H and O–H groups in total. The number of fused-ring (bicyclic) bond motifs is 1. The first kappa shape index (κ1) is 15.3. The lowest BCUT2D eigenvalue weighted by Crippen LogP contribution is -2.44. The molecule has 0 spiro atoms. The molecule has 0 saturated carbocycles. The van der Waals surface area contributed by atoms with Crippen molar-refractivity contribution in [2.45, 2.75) is 18.9 Å². The van der Waals surface area contributed by atoms with Crippen LogP contribution in [0.5, 0.6) is 11.5 Å². The average Bonchev–Trinajstić information content (AvgIpc) is 2.59. The van der Waals surface area contributed by atoms with E-state index < -0.39 is 6.10 Å². The van der Waals surface area contributed by atoms with Crippen LogP contribution in [0.3, 0.4) is 0 Å². The van der Waals surface area contributed by atoms with Crippen LogP contribution in [0.2, 0.25) is 0 Å². The van der Waals surface area contributed by atoms with E-state index in [1.807, 2.05) is 18.2 Å². The van der Waals surface area contributed by atoms with Gasteiger partial charge >= 0.3 is 0 Å². The highest BCUT2D eigenvalue weighted by Crippen LogP contribution is 2.30. The third-order valence-corrected chi connectivity index (χ3v) is 3.66. The molecule has 0 saturated heterocycles. The highest BCUT2D eigenvalue weighted by atomic mass is 19.1. The molecule has 0 radical (unpaired) electrons. The van der Waals surface area contributed by atoms with Crippen molar-refractivity contribution in [2.75, 3.05) is 13.2 Å². The lowest BCUT2D eigenvalue weighted by Gasteiger charge is -2.25. The first-order valence-corrected chi connectivity index (χ1v) is 7.63. The minimum absolute atomic E-state index is 0.182. The number of hydrogen-bond acceptors (Lipinski definition) is 3. The lowest BCUT2D eigenvalue weighted by atomic mass is 10.1. The minimum atomic E-state index is -0.629. The second-order valence-corrected chi connectivity index (χ2v) is 5.39. The van der Waals surface area contributed by atoms with E-state index in [9.17, 15) is 9.18 Å². The van der Waals surface area contributed by atoms with Crippen LogP contribution in [0.1, 0.15) is 12.0 Å². The number of nitrogens with one attached hydrogen (secondary N) is 1. The summed E-state index contributed by atoms with van der Waals surface area (Å²) in [5.41, 5.74) is 1.05. The molecule has 23 heavy (non-hydrogen) atoms. The summed E-state index contributed by atoms with van der Waals surface area (Å²) in [5.74, 6) is 0.827. The molecule has 3 rings (SSSR count). The number of carbonyl (C=O) groups is 1. The van der Waals surface area contributed by atoms with E-state index in [1.165, 1.54) is 12.1 Å². The summed E-state index contributed by atoms with van der Waals surface area (Å²) in [6, 6.07) is 13.7. The average molecular weight is 315 g/mol. The van der Waals surface area contributed by atoms with Gasteiger partial charge in [-0.25, -0.2) is 4.39 Å². The van der Waals surface area contributed by atoms with Crippen molar-refractivity contribution in [3.8, 4) is 11.5 Å². The van der Waals surface area contributed by atoms with E-state index in [2.05, 4.69) is 5.32 Å². The van der Waals surface area contributed by atoms with E-state index in [1.54, 1.807) is 18.2 Å². The summed E-state index contributed by atoms with van der Waals surface area (Å²) in [6.07, 6.45) is 0.933. The van der Waals surface area contributed by atoms with Crippen LogP contribution in [-0.2, 0) is 11.2 Å². The number of halogens is 1. The van der Waals surface area contributed by atoms with Gasteiger partial charge in [-0.3, -0.25) is 4.79 Å². The molecule has 1 heterocycles. The molecule has 5 heteroatoms. The summed E-state index contributed by atoms with van der Waals surface area (Å²) in [4.78, 5) is 12.1. The predicted molar refractivity (Wildman–Crippen MR) is 84.1 cm³/mol. The maximum atomic E-state index is 12.8. The Labute approximate surface area is 134 Å². The fourth-order valence-electron chi connectivity index (χ4n) is 2.42. The molecule has 1 atom stereocenters. The molecule has 4 nitrogen and oxygen atoms in total. The van der Waals surface area contributed by atoms with Crippen LogP contribution in [-0.4, -0.2) is 25.2 Å². The van der Waals surface area contributed by atoms with Crippen molar-refractivity contribution in [1.82, 2.24) is 5.32 Å². The second-order valence-electron chi connectivity index (χ2n) is 5.39. The molecule has 1 amide bonds. The van der Waals surface area contributed by atoms with Gasteiger partial charge in [0.1, 0.15) is 12.4 Å². The van der Waals surface area contributed by atoms with Crippen molar-refractivity contribution in [2.24, 2.45) is 0 Å². The van der Waals surface area contributed by atoms with Crippen LogP contribution in [0.4, 0.5) is 4.39 Å². The fourth-order valence-corrected chi connectivity index (χ4v) is 2.42. The van der Waals surface area contributed by atoms with E-state index in [4.69, 9.17) is 9.47 Å². The molecule has 1 aliphatic rings. The van der Waals surface area contributed by atoms with Crippen molar-refractivity contribution < 1.29 is 18.7 Å². The van der Waals surface area contributed by atoms with Gasteiger partial charge in [-0.2, -0.15) is 0 Å². The SMILES string of the molecule is O=C(NCCCc1ccc(F)cc1)[C@@H]1COc2ccccc2O1. The zero-order valence-corrected chi connectivity index (χ0v) is 12.6. The van der Waals surface area contributed by atoms with Crippen molar-refractivity contribution >= 4 is 5.91 Å². The van der Waals surface area contributed by atoms with Crippen molar-refractivity contribution in [3.05, 3.63) is 59.9 Å². The Hall–Kier alpha value is -2.56. The Kier molecular flexibility index (Phi) is 4.76. The molecule has 2 aromatic carbocycles. The summed E-state index contributed by atoms with van der Waals surface area (Å²) >= 11 is 0. The molecule has 1 aliphatic heterocycles. The van der Waals surface area contributed by atoms with Gasteiger partial charge in [0.05, 0.1) is 0 Å². The van der Waals surface area contributed by atoms with Gasteiger partial charge in [0.2, 0.25) is 6.10 Å². The molecular weight excluding hydrogens is 297 g/mol. The van der Waals surface area contributed by atoms with Crippen LogP contribution < -0.4 is 14.8 Å². The van der Waals surface area contributed by atoms with Gasteiger partial charge in [0, 0.05) is 6.54 Å². The Bertz CT molecular complexity index is 672. The number of para-hydroxylation sites is 2. The van der Waals surface area contributed by atoms with E-state index in [0.29, 0.717) is 18.0 Å². The predicted octanol–water partition coefficient (Wildman–Crippen LogP) is 2.71. The van der Waals surface area contributed by atoms with Crippen LogP contribution in [0.15, 0.2) is 48.5 Å². The Morgan fingerprint density at radius 3 is 2.65 bits per heavy atom. The fraction of sp³-hybridized carbons (Fsp3) is 0.278. The number of ether oxygens (including phenoxy) is 2. The summed E-state index contributed by atoms with van der Waals surface area (Å²) in [7, 11) is 0. The highest BCUT2D eigenvalue weighted by Gasteiger charge is 2.26. The lowest BCUT2D eigenvalue weighted by molar-refractivity contribution is -0.130. The Morgan fingerprint density at radius 1 is 1.13 bits per heavy atom. The zero-order chi connectivity index (χ0) is 16.1. The van der Waals surface area contributed by atoms with Crippen LogP contribution in [0.25, 0.3) is 0 Å². The highest BCUT2D eigenvalue weighted by molar-refractivity contribution is 5.81. The number of rotatable bonds is 5. The van der Waals surface area contributed by atoms with Crippen LogP contribution in [0, 0.1) is 5.82 Å². The van der Waals surface area contributed by atoms with Gasteiger partial charge < -0.3 is 14.8 Å². The first-order valence-electron chi connectivity index (χ1n) is 7.63. The van der Waals surface area contributed by atoms with Gasteiger partial charge in [0.25, 0.3) is 5.91 Å². The number of benzene rings is 2. The van der Waals surface area contributed by atoms with E-state index in [0.717, 1.165) is 18.4 Å². The largest absolute Gasteiger partial charge is 0.485 e. The number of aryl methyl sites for hydroxylation is 1. The first-order chi connectivity index (χ1) is 11.2. The smallest absolute Gasteiger partial charge is 0.264 e. The van der Waals surface area contributed by atoms with Gasteiger partial charge in [-0.05, 0) is 42.7 Å². The normalized spacial score (nSPS) is 16.0. The molecule has 2 aromatic rings. The van der Waals surface area contributed by atoms with Crippen molar-refractivity contribution in [3.63, 3.8) is 0 Å². The second kappa shape index (κ2) is 7.13. The zero-order valence-electron chi connectivity index (χ0n) is 12.6. The summed E-state index contributed by atoms with van der Waals surface area (Å²) < 4.78 is 24.0. The molecule has 0 unspecified atom stereocenters. The maximum Gasteiger partial charge on any atom is 0.264 e. The molecule has 0 aliphatic carbocycles. The number of hydrogen-bond donors (Lipinski definition) is 1. The summed E-state index contributed by atoms with van der Waals surface area (Å²) in [5, 5.41) is 2.85. The quantitative estimate of drug-likeness (QED) is 0.863. The molecule has 0 fully saturated rings. The van der Waals surface area contributed by atoms with Crippen LogP contribution >= 0.6 is 0 Å². The maximum absolute atomic E-state index is 12.8. The monoisotopic (exact) mass is 315 g/mol. The Morgan fingerprint density at radius 2 is 1.87 bits per heavy atom. The van der Waals surface area contributed by atoms with Crippen molar-refractivity contribution in [1.29, 1.82) is 0 Å². The summed E-state index contributed by atoms with van der Waals surface area (Å²) in [6.45, 7) is 0.749. The third-order valence-electron chi connectivity index (χ3n) is 3.66. The topological polar surface area (TPSA) is 47.6 Å². The number of carbonyl (C=O) groups excluding carboxylic acids is 1. The van der Waals surface area contributed by atoms with E-state index >= 15 is 0 Å². The molecular formula is C18H18FNO3. The molecule has 0 aromatic heterocycles. The van der Waals surface area contributed by atoms with Gasteiger partial charge in [0.15, 0.2) is 11.5 Å². The minimum Gasteiger partial charge on any atom is -0.485 e. The number of amides is 1. The Balaban J connectivity index is 1.42.